The smallest absolute Gasteiger partial charge is 0.312 e. The van der Waals surface area contributed by atoms with E-state index in [1.165, 1.54) is 0 Å². The minimum Gasteiger partial charge on any atom is -0.466 e. The highest BCUT2D eigenvalue weighted by molar-refractivity contribution is 5.77. The number of hydrogen-bond acceptors (Lipinski definition) is 4. The van der Waals surface area contributed by atoms with E-state index in [2.05, 4.69) is 10.2 Å². The normalized spacial score (nSPS) is 26.6. The topological polar surface area (TPSA) is 95.2 Å². The monoisotopic (exact) mass is 316 g/mol. The van der Waals surface area contributed by atoms with Crippen LogP contribution in [0.25, 0.3) is 0 Å². The Kier molecular flexibility index (Phi) is 3.85. The van der Waals surface area contributed by atoms with Gasteiger partial charge in [0.2, 0.25) is 0 Å². The molecule has 122 valence electrons. The molecule has 0 saturated heterocycles. The van der Waals surface area contributed by atoms with Crippen molar-refractivity contribution in [1.82, 2.24) is 10.2 Å². The lowest BCUT2D eigenvalue weighted by Crippen LogP contribution is -2.50. The zero-order valence-electron chi connectivity index (χ0n) is 13.1. The first-order valence-corrected chi connectivity index (χ1v) is 7.69. The Morgan fingerprint density at radius 3 is 2.70 bits per heavy atom. The van der Waals surface area contributed by atoms with Gasteiger partial charge in [0, 0.05) is 23.6 Å². The van der Waals surface area contributed by atoms with E-state index in [0.717, 1.165) is 5.56 Å². The number of nitrogens with one attached hydrogen (secondary N) is 2. The van der Waals surface area contributed by atoms with Crippen LogP contribution in [-0.2, 0) is 16.0 Å². The van der Waals surface area contributed by atoms with Crippen LogP contribution in [0, 0.1) is 5.92 Å². The first-order valence-electron chi connectivity index (χ1n) is 7.69. The van der Waals surface area contributed by atoms with Crippen LogP contribution in [0.2, 0.25) is 0 Å². The molecule has 0 spiro atoms. The Bertz CT molecular complexity index is 760. The van der Waals surface area contributed by atoms with E-state index in [1.807, 2.05) is 30.3 Å². The molecule has 3 N–H and O–H groups in total. The highest BCUT2D eigenvalue weighted by Crippen LogP contribution is 2.44. The second kappa shape index (κ2) is 5.70. The van der Waals surface area contributed by atoms with E-state index >= 15 is 0 Å². The van der Waals surface area contributed by atoms with Crippen molar-refractivity contribution < 1.29 is 14.6 Å². The summed E-state index contributed by atoms with van der Waals surface area (Å²) in [6.45, 7) is 3.56. The van der Waals surface area contributed by atoms with Crippen LogP contribution in [0.4, 0.5) is 0 Å². The molecule has 1 aliphatic rings. The third-order valence-electron chi connectivity index (χ3n) is 4.44. The van der Waals surface area contributed by atoms with Crippen LogP contribution < -0.4 is 5.56 Å². The molecule has 6 heteroatoms. The lowest BCUT2D eigenvalue weighted by atomic mass is 9.66. The van der Waals surface area contributed by atoms with Crippen molar-refractivity contribution in [3.8, 4) is 0 Å². The van der Waals surface area contributed by atoms with Gasteiger partial charge < -0.3 is 14.9 Å². The van der Waals surface area contributed by atoms with Crippen LogP contribution in [-0.4, -0.2) is 33.5 Å². The largest absolute Gasteiger partial charge is 0.466 e. The van der Waals surface area contributed by atoms with Crippen molar-refractivity contribution in [2.24, 2.45) is 5.92 Å². The number of aliphatic hydroxyl groups is 1. The zero-order chi connectivity index (χ0) is 16.6. The van der Waals surface area contributed by atoms with E-state index < -0.39 is 23.4 Å². The number of ether oxygens (including phenoxy) is 1. The van der Waals surface area contributed by atoms with E-state index in [4.69, 9.17) is 4.74 Å². The van der Waals surface area contributed by atoms with Gasteiger partial charge in [0.15, 0.2) is 0 Å². The molecule has 23 heavy (non-hydrogen) atoms. The molecular weight excluding hydrogens is 296 g/mol. The van der Waals surface area contributed by atoms with Crippen molar-refractivity contribution >= 4 is 5.97 Å². The predicted octanol–water partition coefficient (Wildman–Crippen LogP) is 1.32. The second-order valence-corrected chi connectivity index (χ2v) is 6.12. The number of H-pyrrole nitrogens is 2. The third-order valence-corrected chi connectivity index (χ3v) is 4.44. The second-order valence-electron chi connectivity index (χ2n) is 6.12. The van der Waals surface area contributed by atoms with Gasteiger partial charge >= 0.3 is 5.97 Å². The van der Waals surface area contributed by atoms with Gasteiger partial charge in [-0.15, -0.1) is 0 Å². The number of benzene rings is 1. The van der Waals surface area contributed by atoms with Crippen LogP contribution in [0.15, 0.2) is 35.1 Å². The molecule has 1 aromatic heterocycles. The van der Waals surface area contributed by atoms with Crippen molar-refractivity contribution in [3.63, 3.8) is 0 Å². The Morgan fingerprint density at radius 1 is 1.35 bits per heavy atom. The lowest BCUT2D eigenvalue weighted by molar-refractivity contribution is -0.159. The van der Waals surface area contributed by atoms with Crippen LogP contribution in [0.3, 0.4) is 0 Å². The van der Waals surface area contributed by atoms with Crippen molar-refractivity contribution in [2.45, 2.75) is 31.8 Å². The molecule has 1 aromatic carbocycles. The highest BCUT2D eigenvalue weighted by atomic mass is 16.5. The summed E-state index contributed by atoms with van der Waals surface area (Å²) >= 11 is 0. The van der Waals surface area contributed by atoms with Gasteiger partial charge in [-0.1, -0.05) is 30.3 Å². The number of aromatic amines is 2. The van der Waals surface area contributed by atoms with E-state index in [0.29, 0.717) is 11.3 Å². The lowest BCUT2D eigenvalue weighted by Gasteiger charge is -2.40. The van der Waals surface area contributed by atoms with Gasteiger partial charge in [0.05, 0.1) is 18.1 Å². The molecule has 0 aliphatic heterocycles. The number of esters is 1. The van der Waals surface area contributed by atoms with E-state index in [1.54, 1.807) is 13.8 Å². The summed E-state index contributed by atoms with van der Waals surface area (Å²) in [5, 5.41) is 16.3. The fourth-order valence-corrected chi connectivity index (χ4v) is 3.51. The Labute approximate surface area is 133 Å². The quantitative estimate of drug-likeness (QED) is 0.744. The molecule has 6 nitrogen and oxygen atoms in total. The molecule has 0 unspecified atom stereocenters. The average molecular weight is 316 g/mol. The third kappa shape index (κ3) is 2.59. The molecule has 0 radical (unpaired) electrons. The van der Waals surface area contributed by atoms with E-state index in [9.17, 15) is 14.7 Å². The maximum absolute atomic E-state index is 12.5. The summed E-state index contributed by atoms with van der Waals surface area (Å²) in [5.74, 6) is -1.88. The number of carbonyl (C=O) groups is 1. The number of aromatic nitrogens is 2. The number of rotatable bonds is 3. The maximum atomic E-state index is 12.5. The summed E-state index contributed by atoms with van der Waals surface area (Å²) < 4.78 is 5.18. The molecule has 0 bridgehead atoms. The number of hydrogen-bond donors (Lipinski definition) is 3. The molecule has 0 saturated carbocycles. The van der Waals surface area contributed by atoms with Crippen molar-refractivity contribution in [1.29, 1.82) is 0 Å². The molecule has 0 fully saturated rings. The van der Waals surface area contributed by atoms with Gasteiger partial charge in [0.1, 0.15) is 0 Å². The van der Waals surface area contributed by atoms with Gasteiger partial charge in [-0.25, -0.2) is 0 Å². The SMILES string of the molecule is CCOC(=O)[C@H]1[C@H](c2ccccc2)c2c([nH][nH]c2=O)C[C@@]1(C)O. The summed E-state index contributed by atoms with van der Waals surface area (Å²) in [7, 11) is 0. The predicted molar refractivity (Wildman–Crippen MR) is 84.1 cm³/mol. The van der Waals surface area contributed by atoms with Gasteiger partial charge in [0.25, 0.3) is 5.56 Å². The Balaban J connectivity index is 2.20. The molecule has 3 atom stereocenters. The summed E-state index contributed by atoms with van der Waals surface area (Å²) in [6, 6.07) is 9.28. The summed E-state index contributed by atoms with van der Waals surface area (Å²) in [4.78, 5) is 24.8. The van der Waals surface area contributed by atoms with Crippen LogP contribution in [0.1, 0.15) is 36.6 Å². The molecule has 1 heterocycles. The van der Waals surface area contributed by atoms with Gasteiger partial charge in [-0.05, 0) is 19.4 Å². The summed E-state index contributed by atoms with van der Waals surface area (Å²) in [6.07, 6.45) is 0.188. The first-order chi connectivity index (χ1) is 11.0. The molecule has 1 aliphatic carbocycles. The Hall–Kier alpha value is -2.34. The average Bonchev–Trinajstić information content (AvgIpc) is 2.86. The molecule has 3 rings (SSSR count). The van der Waals surface area contributed by atoms with Crippen LogP contribution in [0.5, 0.6) is 0 Å². The van der Waals surface area contributed by atoms with E-state index in [-0.39, 0.29) is 18.6 Å². The number of carbonyl (C=O) groups excluding carboxylic acids is 1. The summed E-state index contributed by atoms with van der Waals surface area (Å²) in [5.41, 5.74) is 0.357. The zero-order valence-corrected chi connectivity index (χ0v) is 13.1. The van der Waals surface area contributed by atoms with Crippen molar-refractivity contribution in [3.05, 3.63) is 57.5 Å². The Morgan fingerprint density at radius 2 is 2.04 bits per heavy atom. The number of fused-ring (bicyclic) bond motifs is 1. The standard InChI is InChI=1S/C17H20N2O4/c1-3-23-16(21)14-12(10-7-5-4-6-8-10)13-11(9-17(14,2)22)18-19-15(13)20/h4-8,12,14,22H,3,9H2,1-2H3,(H2,18,19,20)/t12-,14-,17-/m1/s1. The highest BCUT2D eigenvalue weighted by Gasteiger charge is 2.51. The molecule has 2 aromatic rings. The minimum absolute atomic E-state index is 0.188. The van der Waals surface area contributed by atoms with Crippen LogP contribution >= 0.6 is 0 Å². The minimum atomic E-state index is -1.31. The fraction of sp³-hybridized carbons (Fsp3) is 0.412. The molecule has 0 amide bonds. The first kappa shape index (κ1) is 15.6. The fourth-order valence-electron chi connectivity index (χ4n) is 3.51. The van der Waals surface area contributed by atoms with Gasteiger partial charge in [-0.3, -0.25) is 14.7 Å². The molecular formula is C17H20N2O4. The van der Waals surface area contributed by atoms with Gasteiger partial charge in [-0.2, -0.15) is 0 Å². The maximum Gasteiger partial charge on any atom is 0.312 e. The van der Waals surface area contributed by atoms with Crippen molar-refractivity contribution in [2.75, 3.05) is 6.61 Å².